The van der Waals surface area contributed by atoms with Gasteiger partial charge in [0.15, 0.2) is 0 Å². The smallest absolute Gasteiger partial charge is 0.123 e. The van der Waals surface area contributed by atoms with Crippen LogP contribution < -0.4 is 0 Å². The number of hydrogen-bond donors (Lipinski definition) is 0. The van der Waals surface area contributed by atoms with Crippen molar-refractivity contribution in [1.29, 1.82) is 0 Å². The quantitative estimate of drug-likeness (QED) is 0.790. The van der Waals surface area contributed by atoms with Gasteiger partial charge >= 0.3 is 0 Å². The van der Waals surface area contributed by atoms with Gasteiger partial charge < -0.3 is 9.47 Å². The number of benzene rings is 1. The van der Waals surface area contributed by atoms with E-state index in [0.717, 1.165) is 38.2 Å². The standard InChI is InChI=1S/C23H29FN2O2/c1-17(2)21-13-23(16-27-22(21)19-3-5-20(24)6-4-19)15-26(11-12-28-23)14-18-7-9-25-10-8-18/h3-10,17,21-22H,11-16H2,1-2H3/t21-,22-,23-/m0/s1. The molecule has 150 valence electrons. The van der Waals surface area contributed by atoms with Gasteiger partial charge in [-0.05, 0) is 53.6 Å². The molecule has 4 rings (SSSR count). The summed E-state index contributed by atoms with van der Waals surface area (Å²) in [6.07, 6.45) is 4.64. The minimum absolute atomic E-state index is 0.00889. The van der Waals surface area contributed by atoms with Gasteiger partial charge in [0.2, 0.25) is 0 Å². The van der Waals surface area contributed by atoms with E-state index >= 15 is 0 Å². The van der Waals surface area contributed by atoms with Gasteiger partial charge in [-0.25, -0.2) is 4.39 Å². The Labute approximate surface area is 166 Å². The lowest BCUT2D eigenvalue weighted by Gasteiger charge is -2.50. The molecule has 0 saturated carbocycles. The number of nitrogens with zero attached hydrogens (tertiary/aromatic N) is 2. The fourth-order valence-corrected chi connectivity index (χ4v) is 4.56. The van der Waals surface area contributed by atoms with Gasteiger partial charge in [0.1, 0.15) is 11.4 Å². The number of hydrogen-bond acceptors (Lipinski definition) is 4. The average molecular weight is 384 g/mol. The first-order valence-electron chi connectivity index (χ1n) is 10.2. The van der Waals surface area contributed by atoms with Crippen molar-refractivity contribution < 1.29 is 13.9 Å². The van der Waals surface area contributed by atoms with Gasteiger partial charge in [0.05, 0.1) is 19.3 Å². The Balaban J connectivity index is 1.48. The summed E-state index contributed by atoms with van der Waals surface area (Å²) in [5, 5.41) is 0. The molecule has 0 bridgehead atoms. The summed E-state index contributed by atoms with van der Waals surface area (Å²) in [4.78, 5) is 6.56. The molecule has 0 aliphatic carbocycles. The van der Waals surface area contributed by atoms with Crippen LogP contribution in [0.2, 0.25) is 0 Å². The molecule has 0 N–H and O–H groups in total. The number of halogens is 1. The van der Waals surface area contributed by atoms with E-state index in [2.05, 4.69) is 35.9 Å². The fourth-order valence-electron chi connectivity index (χ4n) is 4.56. The minimum atomic E-state index is -0.267. The summed E-state index contributed by atoms with van der Waals surface area (Å²) in [6.45, 7) is 8.47. The highest BCUT2D eigenvalue weighted by molar-refractivity contribution is 5.21. The lowest BCUT2D eigenvalue weighted by atomic mass is 9.75. The number of aromatic nitrogens is 1. The van der Waals surface area contributed by atoms with E-state index in [1.54, 1.807) is 0 Å². The van der Waals surface area contributed by atoms with Gasteiger partial charge in [0.25, 0.3) is 0 Å². The molecule has 3 atom stereocenters. The van der Waals surface area contributed by atoms with Crippen LogP contribution in [-0.4, -0.2) is 41.8 Å². The maximum absolute atomic E-state index is 13.3. The van der Waals surface area contributed by atoms with Crippen LogP contribution in [0.5, 0.6) is 0 Å². The van der Waals surface area contributed by atoms with E-state index < -0.39 is 0 Å². The van der Waals surface area contributed by atoms with Gasteiger partial charge in [-0.1, -0.05) is 26.0 Å². The summed E-state index contributed by atoms with van der Waals surface area (Å²) < 4.78 is 26.1. The third-order valence-corrected chi connectivity index (χ3v) is 6.06. The van der Waals surface area contributed by atoms with Crippen molar-refractivity contribution in [2.45, 2.75) is 38.5 Å². The second-order valence-corrected chi connectivity index (χ2v) is 8.49. The minimum Gasteiger partial charge on any atom is -0.370 e. The molecule has 5 heteroatoms. The Hall–Kier alpha value is -1.82. The van der Waals surface area contributed by atoms with Crippen LogP contribution in [0.1, 0.15) is 37.5 Å². The Kier molecular flexibility index (Phi) is 5.76. The van der Waals surface area contributed by atoms with Crippen molar-refractivity contribution in [3.63, 3.8) is 0 Å². The highest BCUT2D eigenvalue weighted by Gasteiger charge is 2.46. The molecule has 2 aliphatic heterocycles. The first kappa shape index (κ1) is 19.5. The van der Waals surface area contributed by atoms with Crippen molar-refractivity contribution in [2.24, 2.45) is 11.8 Å². The van der Waals surface area contributed by atoms with Crippen molar-refractivity contribution in [3.05, 3.63) is 65.7 Å². The average Bonchev–Trinajstić information content (AvgIpc) is 2.70. The van der Waals surface area contributed by atoms with Crippen LogP contribution >= 0.6 is 0 Å². The number of ether oxygens (including phenoxy) is 2. The van der Waals surface area contributed by atoms with Crippen LogP contribution in [0.4, 0.5) is 4.39 Å². The molecule has 0 amide bonds. The largest absolute Gasteiger partial charge is 0.370 e. The zero-order valence-corrected chi connectivity index (χ0v) is 16.7. The van der Waals surface area contributed by atoms with Crippen LogP contribution in [0.3, 0.4) is 0 Å². The Bertz CT molecular complexity index is 768. The third-order valence-electron chi connectivity index (χ3n) is 6.06. The zero-order chi connectivity index (χ0) is 19.6. The molecule has 2 saturated heterocycles. The molecule has 28 heavy (non-hydrogen) atoms. The second-order valence-electron chi connectivity index (χ2n) is 8.49. The SMILES string of the molecule is CC(C)[C@@H]1C[C@@]2(CO[C@H]1c1ccc(F)cc1)CN(Cc1ccncc1)CCO2. The zero-order valence-electron chi connectivity index (χ0n) is 16.7. The lowest BCUT2D eigenvalue weighted by Crippen LogP contribution is -2.58. The molecular formula is C23H29FN2O2. The number of morpholine rings is 1. The molecule has 2 fully saturated rings. The van der Waals surface area contributed by atoms with Crippen LogP contribution in [0, 0.1) is 17.7 Å². The van der Waals surface area contributed by atoms with Gasteiger partial charge in [-0.2, -0.15) is 0 Å². The molecule has 1 aromatic heterocycles. The molecule has 2 aromatic rings. The maximum Gasteiger partial charge on any atom is 0.123 e. The molecule has 0 unspecified atom stereocenters. The van der Waals surface area contributed by atoms with E-state index in [0.29, 0.717) is 18.4 Å². The van der Waals surface area contributed by atoms with E-state index in [4.69, 9.17) is 9.47 Å². The summed E-state index contributed by atoms with van der Waals surface area (Å²) >= 11 is 0. The molecule has 3 heterocycles. The van der Waals surface area contributed by atoms with E-state index in [9.17, 15) is 4.39 Å². The van der Waals surface area contributed by atoms with Gasteiger partial charge in [-0.3, -0.25) is 9.88 Å². The topological polar surface area (TPSA) is 34.6 Å². The van der Waals surface area contributed by atoms with Crippen LogP contribution in [-0.2, 0) is 16.0 Å². The monoisotopic (exact) mass is 384 g/mol. The fraction of sp³-hybridized carbons (Fsp3) is 0.522. The maximum atomic E-state index is 13.3. The predicted octanol–water partition coefficient (Wildman–Crippen LogP) is 4.23. The molecule has 4 nitrogen and oxygen atoms in total. The molecular weight excluding hydrogens is 355 g/mol. The Morgan fingerprint density at radius 3 is 2.64 bits per heavy atom. The lowest BCUT2D eigenvalue weighted by molar-refractivity contribution is -0.211. The Morgan fingerprint density at radius 1 is 1.18 bits per heavy atom. The van der Waals surface area contributed by atoms with Crippen molar-refractivity contribution >= 4 is 0 Å². The van der Waals surface area contributed by atoms with Crippen LogP contribution in [0.15, 0.2) is 48.8 Å². The van der Waals surface area contributed by atoms with E-state index in [-0.39, 0.29) is 17.5 Å². The first-order valence-corrected chi connectivity index (χ1v) is 10.2. The van der Waals surface area contributed by atoms with Crippen LogP contribution in [0.25, 0.3) is 0 Å². The first-order chi connectivity index (χ1) is 13.5. The van der Waals surface area contributed by atoms with Gasteiger partial charge in [-0.15, -0.1) is 0 Å². The van der Waals surface area contributed by atoms with Crippen molar-refractivity contribution in [1.82, 2.24) is 9.88 Å². The van der Waals surface area contributed by atoms with E-state index in [1.807, 2.05) is 24.5 Å². The summed E-state index contributed by atoms with van der Waals surface area (Å²) in [5.41, 5.74) is 2.06. The number of pyridine rings is 1. The van der Waals surface area contributed by atoms with Gasteiger partial charge in [0, 0.05) is 32.0 Å². The molecule has 0 radical (unpaired) electrons. The summed E-state index contributed by atoms with van der Waals surface area (Å²) in [7, 11) is 0. The molecule has 1 aromatic carbocycles. The predicted molar refractivity (Wildman–Crippen MR) is 106 cm³/mol. The normalized spacial score (nSPS) is 28.7. The molecule has 1 spiro atoms. The highest BCUT2D eigenvalue weighted by Crippen LogP contribution is 2.44. The highest BCUT2D eigenvalue weighted by atomic mass is 19.1. The summed E-state index contributed by atoms with van der Waals surface area (Å²) in [5.74, 6) is 0.575. The Morgan fingerprint density at radius 2 is 1.93 bits per heavy atom. The van der Waals surface area contributed by atoms with E-state index in [1.165, 1.54) is 17.7 Å². The van der Waals surface area contributed by atoms with Crippen molar-refractivity contribution in [2.75, 3.05) is 26.3 Å². The third kappa shape index (κ3) is 4.27. The second kappa shape index (κ2) is 8.27. The molecule has 2 aliphatic rings. The van der Waals surface area contributed by atoms with Crippen molar-refractivity contribution in [3.8, 4) is 0 Å². The number of rotatable bonds is 4. The summed E-state index contributed by atoms with van der Waals surface area (Å²) in [6, 6.07) is 10.9.